The van der Waals surface area contributed by atoms with Crippen molar-refractivity contribution in [2.75, 3.05) is 5.32 Å². The van der Waals surface area contributed by atoms with Gasteiger partial charge in [-0.15, -0.1) is 0 Å². The minimum atomic E-state index is 0.0211. The Labute approximate surface area is 153 Å². The van der Waals surface area contributed by atoms with Crippen molar-refractivity contribution >= 4 is 22.7 Å². The number of hydrogen-bond acceptors (Lipinski definition) is 4. The van der Waals surface area contributed by atoms with Crippen molar-refractivity contribution in [3.8, 4) is 0 Å². The third kappa shape index (κ3) is 3.21. The molecule has 1 saturated carbocycles. The van der Waals surface area contributed by atoms with Crippen LogP contribution < -0.4 is 10.9 Å². The maximum absolute atomic E-state index is 12.7. The lowest BCUT2D eigenvalue weighted by Crippen LogP contribution is -2.33. The summed E-state index contributed by atoms with van der Waals surface area (Å²) in [7, 11) is 0. The standard InChI is InChI=1S/C21H24N4O/c1-14-8-9-15(2)18(12-14)25-19(26)11-10-16-13-22-21(24-20(16)25)23-17-6-4-3-5-7-17/h3-7,10-11,13-15,18H,8-9,12H2,1-2H3,(H,22,23,24). The maximum atomic E-state index is 12.7. The maximum Gasteiger partial charge on any atom is 0.252 e. The van der Waals surface area contributed by atoms with Gasteiger partial charge in [-0.1, -0.05) is 38.5 Å². The Morgan fingerprint density at radius 1 is 1.08 bits per heavy atom. The summed E-state index contributed by atoms with van der Waals surface area (Å²) < 4.78 is 1.90. The first-order valence-corrected chi connectivity index (χ1v) is 9.32. The fraction of sp³-hybridized carbons (Fsp3) is 0.381. The molecule has 2 heterocycles. The monoisotopic (exact) mass is 348 g/mol. The lowest BCUT2D eigenvalue weighted by molar-refractivity contribution is 0.207. The van der Waals surface area contributed by atoms with E-state index in [2.05, 4.69) is 24.1 Å². The molecule has 0 radical (unpaired) electrons. The van der Waals surface area contributed by atoms with E-state index in [1.807, 2.05) is 41.0 Å². The van der Waals surface area contributed by atoms with E-state index >= 15 is 0 Å². The van der Waals surface area contributed by atoms with Crippen LogP contribution in [-0.4, -0.2) is 14.5 Å². The molecule has 5 heteroatoms. The van der Waals surface area contributed by atoms with Crippen molar-refractivity contribution in [1.82, 2.24) is 14.5 Å². The summed E-state index contributed by atoms with van der Waals surface area (Å²) in [6.07, 6.45) is 5.19. The smallest absolute Gasteiger partial charge is 0.252 e. The molecule has 0 spiro atoms. The number of fused-ring (bicyclic) bond motifs is 1. The summed E-state index contributed by atoms with van der Waals surface area (Å²) in [5, 5.41) is 4.12. The normalized spacial score (nSPS) is 23.1. The third-order valence-electron chi connectivity index (χ3n) is 5.44. The summed E-state index contributed by atoms with van der Waals surface area (Å²) in [6, 6.07) is 13.5. The Hall–Kier alpha value is -2.69. The van der Waals surface area contributed by atoms with Gasteiger partial charge in [0, 0.05) is 29.4 Å². The lowest BCUT2D eigenvalue weighted by atomic mass is 9.80. The summed E-state index contributed by atoms with van der Waals surface area (Å²) in [5.41, 5.74) is 1.67. The van der Waals surface area contributed by atoms with Gasteiger partial charge in [0.05, 0.1) is 0 Å². The van der Waals surface area contributed by atoms with Gasteiger partial charge in [-0.2, -0.15) is 4.98 Å². The van der Waals surface area contributed by atoms with Gasteiger partial charge in [0.2, 0.25) is 5.95 Å². The molecular formula is C21H24N4O. The average molecular weight is 348 g/mol. The zero-order valence-corrected chi connectivity index (χ0v) is 15.2. The van der Waals surface area contributed by atoms with E-state index in [0.717, 1.165) is 29.6 Å². The summed E-state index contributed by atoms with van der Waals surface area (Å²) in [6.45, 7) is 4.51. The first kappa shape index (κ1) is 16.8. The lowest BCUT2D eigenvalue weighted by Gasteiger charge is -2.34. The Bertz CT molecular complexity index is 967. The van der Waals surface area contributed by atoms with Crippen LogP contribution in [0, 0.1) is 11.8 Å². The Kier molecular flexibility index (Phi) is 4.45. The van der Waals surface area contributed by atoms with Crippen molar-refractivity contribution in [3.63, 3.8) is 0 Å². The van der Waals surface area contributed by atoms with Crippen LogP contribution in [0.15, 0.2) is 53.5 Å². The second-order valence-corrected chi connectivity index (χ2v) is 7.47. The van der Waals surface area contributed by atoms with E-state index in [1.165, 1.54) is 6.42 Å². The van der Waals surface area contributed by atoms with E-state index < -0.39 is 0 Å². The molecule has 0 bridgehead atoms. The number of aromatic nitrogens is 3. The highest BCUT2D eigenvalue weighted by molar-refractivity contribution is 5.75. The number of rotatable bonds is 3. The molecule has 0 amide bonds. The van der Waals surface area contributed by atoms with Crippen LogP contribution in [-0.2, 0) is 0 Å². The van der Waals surface area contributed by atoms with Crippen LogP contribution in [0.25, 0.3) is 11.0 Å². The van der Waals surface area contributed by atoms with Crippen molar-refractivity contribution in [1.29, 1.82) is 0 Å². The Morgan fingerprint density at radius 2 is 1.88 bits per heavy atom. The third-order valence-corrected chi connectivity index (χ3v) is 5.44. The van der Waals surface area contributed by atoms with Crippen LogP contribution in [0.4, 0.5) is 11.6 Å². The van der Waals surface area contributed by atoms with Gasteiger partial charge in [-0.05, 0) is 42.9 Å². The molecule has 1 aromatic carbocycles. The van der Waals surface area contributed by atoms with Gasteiger partial charge in [0.15, 0.2) is 0 Å². The van der Waals surface area contributed by atoms with E-state index in [4.69, 9.17) is 4.98 Å². The molecule has 1 N–H and O–H groups in total. The zero-order chi connectivity index (χ0) is 18.1. The molecule has 3 unspecified atom stereocenters. The van der Waals surface area contributed by atoms with Crippen molar-refractivity contribution in [2.24, 2.45) is 11.8 Å². The summed E-state index contributed by atoms with van der Waals surface area (Å²) >= 11 is 0. The fourth-order valence-electron chi connectivity index (χ4n) is 3.93. The molecule has 1 aliphatic carbocycles. The molecular weight excluding hydrogens is 324 g/mol. The molecule has 0 aliphatic heterocycles. The minimum absolute atomic E-state index is 0.0211. The molecule has 3 aromatic rings. The van der Waals surface area contributed by atoms with Gasteiger partial charge in [0.1, 0.15) is 5.65 Å². The summed E-state index contributed by atoms with van der Waals surface area (Å²) in [4.78, 5) is 21.9. The highest BCUT2D eigenvalue weighted by Crippen LogP contribution is 2.37. The first-order valence-electron chi connectivity index (χ1n) is 9.32. The highest BCUT2D eigenvalue weighted by atomic mass is 16.1. The van der Waals surface area contributed by atoms with Crippen molar-refractivity contribution in [2.45, 2.75) is 39.2 Å². The molecule has 4 rings (SSSR count). The second-order valence-electron chi connectivity index (χ2n) is 7.47. The summed E-state index contributed by atoms with van der Waals surface area (Å²) in [5.74, 6) is 1.61. The number of pyridine rings is 1. The van der Waals surface area contributed by atoms with Gasteiger partial charge < -0.3 is 5.32 Å². The van der Waals surface area contributed by atoms with Crippen LogP contribution in [0.3, 0.4) is 0 Å². The highest BCUT2D eigenvalue weighted by Gasteiger charge is 2.28. The molecule has 5 nitrogen and oxygen atoms in total. The predicted octanol–water partition coefficient (Wildman–Crippen LogP) is 4.53. The fourth-order valence-corrected chi connectivity index (χ4v) is 3.93. The average Bonchev–Trinajstić information content (AvgIpc) is 2.65. The van der Waals surface area contributed by atoms with Crippen LogP contribution in [0.5, 0.6) is 0 Å². The predicted molar refractivity (Wildman–Crippen MR) is 105 cm³/mol. The number of nitrogens with one attached hydrogen (secondary N) is 1. The second kappa shape index (κ2) is 6.90. The van der Waals surface area contributed by atoms with E-state index in [9.17, 15) is 4.79 Å². The first-order chi connectivity index (χ1) is 12.6. The Balaban J connectivity index is 1.80. The van der Waals surface area contributed by atoms with Crippen LogP contribution in [0.1, 0.15) is 39.2 Å². The SMILES string of the molecule is CC1CCC(C)C(n2c(=O)ccc3cnc(Nc4ccccc4)nc32)C1. The van der Waals surface area contributed by atoms with Crippen LogP contribution in [0.2, 0.25) is 0 Å². The number of para-hydroxylation sites is 1. The molecule has 1 aliphatic rings. The van der Waals surface area contributed by atoms with E-state index in [-0.39, 0.29) is 11.6 Å². The molecule has 26 heavy (non-hydrogen) atoms. The van der Waals surface area contributed by atoms with Crippen molar-refractivity contribution in [3.05, 3.63) is 59.0 Å². The van der Waals surface area contributed by atoms with E-state index in [0.29, 0.717) is 17.8 Å². The number of hydrogen-bond donors (Lipinski definition) is 1. The van der Waals surface area contributed by atoms with Gasteiger partial charge in [-0.25, -0.2) is 4.98 Å². The van der Waals surface area contributed by atoms with Crippen molar-refractivity contribution < 1.29 is 0 Å². The topological polar surface area (TPSA) is 59.8 Å². The zero-order valence-electron chi connectivity index (χ0n) is 15.2. The minimum Gasteiger partial charge on any atom is -0.324 e. The molecule has 3 atom stereocenters. The largest absolute Gasteiger partial charge is 0.324 e. The molecule has 134 valence electrons. The number of benzene rings is 1. The molecule has 0 saturated heterocycles. The molecule has 1 fully saturated rings. The van der Waals surface area contributed by atoms with Gasteiger partial charge in [0.25, 0.3) is 5.56 Å². The van der Waals surface area contributed by atoms with Gasteiger partial charge in [-0.3, -0.25) is 9.36 Å². The van der Waals surface area contributed by atoms with Crippen LogP contribution >= 0.6 is 0 Å². The molecule has 2 aromatic heterocycles. The quantitative estimate of drug-likeness (QED) is 0.755. The number of anilines is 2. The van der Waals surface area contributed by atoms with E-state index in [1.54, 1.807) is 12.3 Å². The number of nitrogens with zero attached hydrogens (tertiary/aromatic N) is 3. The van der Waals surface area contributed by atoms with Gasteiger partial charge >= 0.3 is 0 Å². The Morgan fingerprint density at radius 3 is 2.69 bits per heavy atom.